The molecule has 1 saturated heterocycles. The lowest BCUT2D eigenvalue weighted by molar-refractivity contribution is -0.159. The van der Waals surface area contributed by atoms with E-state index in [0.717, 1.165) is 21.8 Å². The highest BCUT2D eigenvalue weighted by Crippen LogP contribution is 2.37. The number of aromatic nitrogens is 2. The van der Waals surface area contributed by atoms with Crippen molar-refractivity contribution in [1.82, 2.24) is 19.8 Å². The van der Waals surface area contributed by atoms with Crippen molar-refractivity contribution in [2.75, 3.05) is 26.2 Å². The Morgan fingerprint density at radius 1 is 0.596 bits per heavy atom. The van der Waals surface area contributed by atoms with E-state index in [4.69, 9.17) is 32.9 Å². The summed E-state index contributed by atoms with van der Waals surface area (Å²) in [5.74, 6) is -1.21. The van der Waals surface area contributed by atoms with Gasteiger partial charge in [-0.25, -0.2) is 4.79 Å². The van der Waals surface area contributed by atoms with E-state index in [1.165, 1.54) is 9.80 Å². The maximum Gasteiger partial charge on any atom is 0.333 e. The maximum absolute atomic E-state index is 14.7. The second-order valence-corrected chi connectivity index (χ2v) is 11.6. The molecule has 13 nitrogen and oxygen atoms in total. The molecule has 8 N–H and O–H groups in total. The molecule has 0 atom stereocenters. The summed E-state index contributed by atoms with van der Waals surface area (Å²) in [6, 6.07) is 22.1. The van der Waals surface area contributed by atoms with E-state index in [1.807, 2.05) is 72.8 Å². The highest BCUT2D eigenvalue weighted by atomic mass is 16.2. The molecule has 2 aromatic carbocycles. The number of aliphatic imine (C=N–C) groups is 2. The van der Waals surface area contributed by atoms with E-state index in [-0.39, 0.29) is 37.9 Å². The number of amides is 4. The third kappa shape index (κ3) is 7.63. The molecular formula is C34H40N10O3. The molecule has 1 aliphatic rings. The third-order valence-corrected chi connectivity index (χ3v) is 8.22. The Bertz CT molecular complexity index is 1700. The number of nitrogens with two attached hydrogens (primary N) is 4. The first-order valence-electron chi connectivity index (χ1n) is 15.7. The van der Waals surface area contributed by atoms with Crippen LogP contribution in [-0.2, 0) is 22.4 Å². The zero-order valence-electron chi connectivity index (χ0n) is 26.2. The molecule has 0 saturated carbocycles. The van der Waals surface area contributed by atoms with Gasteiger partial charge in [-0.1, -0.05) is 48.5 Å². The van der Waals surface area contributed by atoms with Gasteiger partial charge in [0, 0.05) is 61.2 Å². The number of carbonyl (C=O) groups is 3. The van der Waals surface area contributed by atoms with Crippen LogP contribution in [0, 0.1) is 5.41 Å². The van der Waals surface area contributed by atoms with Crippen molar-refractivity contribution in [2.24, 2.45) is 38.3 Å². The second-order valence-electron chi connectivity index (χ2n) is 11.6. The topological polar surface area (TPSA) is 212 Å². The van der Waals surface area contributed by atoms with Crippen molar-refractivity contribution in [3.05, 3.63) is 84.2 Å². The van der Waals surface area contributed by atoms with Crippen molar-refractivity contribution in [1.29, 1.82) is 0 Å². The summed E-state index contributed by atoms with van der Waals surface area (Å²) in [5, 5.41) is 1.87. The minimum absolute atomic E-state index is 0.0215. The van der Waals surface area contributed by atoms with E-state index >= 15 is 0 Å². The van der Waals surface area contributed by atoms with Crippen LogP contribution in [0.5, 0.6) is 0 Å². The number of rotatable bonds is 14. The number of hydrogen-bond acceptors (Lipinski definition) is 7. The number of imide groups is 2. The summed E-state index contributed by atoms with van der Waals surface area (Å²) in [7, 11) is 0. The number of urea groups is 1. The summed E-state index contributed by atoms with van der Waals surface area (Å²) in [4.78, 5) is 63.2. The molecule has 0 spiro atoms. The second kappa shape index (κ2) is 14.7. The van der Waals surface area contributed by atoms with Crippen molar-refractivity contribution < 1.29 is 14.4 Å². The molecule has 244 valence electrons. The first kappa shape index (κ1) is 32.8. The zero-order chi connectivity index (χ0) is 33.4. The molecule has 3 heterocycles. The van der Waals surface area contributed by atoms with Crippen LogP contribution in [0.25, 0.3) is 21.8 Å². The molecule has 2 aromatic heterocycles. The van der Waals surface area contributed by atoms with Gasteiger partial charge >= 0.3 is 6.03 Å². The van der Waals surface area contributed by atoms with E-state index in [0.29, 0.717) is 50.2 Å². The smallest absolute Gasteiger partial charge is 0.333 e. The Hall–Kier alpha value is -5.59. The van der Waals surface area contributed by atoms with Crippen molar-refractivity contribution in [3.8, 4) is 0 Å². The highest BCUT2D eigenvalue weighted by Gasteiger charge is 2.57. The summed E-state index contributed by atoms with van der Waals surface area (Å²) in [5.41, 5.74) is 22.8. The van der Waals surface area contributed by atoms with Crippen LogP contribution in [0.4, 0.5) is 4.79 Å². The van der Waals surface area contributed by atoms with Crippen LogP contribution in [0.15, 0.2) is 82.8 Å². The molecule has 0 radical (unpaired) electrons. The van der Waals surface area contributed by atoms with Gasteiger partial charge in [0.2, 0.25) is 11.8 Å². The maximum atomic E-state index is 14.7. The van der Waals surface area contributed by atoms with Gasteiger partial charge in [0.15, 0.2) is 11.9 Å². The number of barbiturate groups is 1. The molecule has 4 amide bonds. The number of hydrogen-bond donors (Lipinski definition) is 4. The number of para-hydroxylation sites is 2. The van der Waals surface area contributed by atoms with Gasteiger partial charge in [0.05, 0.1) is 11.0 Å². The van der Waals surface area contributed by atoms with Gasteiger partial charge in [0.1, 0.15) is 5.41 Å². The van der Waals surface area contributed by atoms with Gasteiger partial charge in [-0.15, -0.1) is 0 Å². The van der Waals surface area contributed by atoms with Gasteiger partial charge in [-0.2, -0.15) is 0 Å². The van der Waals surface area contributed by atoms with Crippen LogP contribution >= 0.6 is 0 Å². The Morgan fingerprint density at radius 2 is 1.02 bits per heavy atom. The number of benzene rings is 2. The predicted molar refractivity (Wildman–Crippen MR) is 182 cm³/mol. The standard InChI is InChI=1S/C34H40N10O3/c35-31(36)39-17-5-7-19-43-29(45)34(21-25-15-13-23-9-1-3-11-27(23)41-25,22-26-16-14-24-10-2-4-12-28(24)42-26)30(46)44(33(43)47)20-8-6-18-40-32(37)38/h1-4,9-16H,5-8,17-22H2,(H4,35,36,39)(H4,37,38,40). The van der Waals surface area contributed by atoms with Crippen LogP contribution in [0.1, 0.15) is 37.1 Å². The largest absolute Gasteiger partial charge is 0.370 e. The minimum Gasteiger partial charge on any atom is -0.370 e. The number of nitrogens with zero attached hydrogens (tertiary/aromatic N) is 6. The first-order chi connectivity index (χ1) is 22.7. The molecule has 1 fully saturated rings. The number of pyridine rings is 2. The predicted octanol–water partition coefficient (Wildman–Crippen LogP) is 2.45. The summed E-state index contributed by atoms with van der Waals surface area (Å²) in [6.45, 7) is 0.874. The number of unbranched alkanes of at least 4 members (excludes halogenated alkanes) is 2. The molecule has 0 aliphatic carbocycles. The van der Waals surface area contributed by atoms with E-state index in [2.05, 4.69) is 9.98 Å². The van der Waals surface area contributed by atoms with E-state index in [9.17, 15) is 14.4 Å². The monoisotopic (exact) mass is 636 g/mol. The van der Waals surface area contributed by atoms with Crippen LogP contribution in [-0.4, -0.2) is 75.7 Å². The van der Waals surface area contributed by atoms with Crippen molar-refractivity contribution in [2.45, 2.75) is 38.5 Å². The lowest BCUT2D eigenvalue weighted by Crippen LogP contribution is -2.66. The molecule has 5 rings (SSSR count). The summed E-state index contributed by atoms with van der Waals surface area (Å²) < 4.78 is 0. The minimum atomic E-state index is -1.68. The van der Waals surface area contributed by atoms with Crippen LogP contribution in [0.3, 0.4) is 0 Å². The Kier molecular flexibility index (Phi) is 10.2. The lowest BCUT2D eigenvalue weighted by Gasteiger charge is -2.44. The lowest BCUT2D eigenvalue weighted by atomic mass is 9.74. The molecule has 0 bridgehead atoms. The molecule has 1 aliphatic heterocycles. The Balaban J connectivity index is 1.55. The van der Waals surface area contributed by atoms with E-state index < -0.39 is 23.3 Å². The quantitative estimate of drug-likeness (QED) is 0.0691. The number of fused-ring (bicyclic) bond motifs is 2. The summed E-state index contributed by atoms with van der Waals surface area (Å²) >= 11 is 0. The van der Waals surface area contributed by atoms with Gasteiger partial charge in [-0.3, -0.25) is 39.3 Å². The first-order valence-corrected chi connectivity index (χ1v) is 15.7. The average Bonchev–Trinajstić information content (AvgIpc) is 3.06. The molecule has 0 unspecified atom stereocenters. The fourth-order valence-electron chi connectivity index (χ4n) is 5.90. The van der Waals surface area contributed by atoms with Crippen LogP contribution < -0.4 is 22.9 Å². The summed E-state index contributed by atoms with van der Waals surface area (Å²) in [6.07, 6.45) is 1.91. The van der Waals surface area contributed by atoms with E-state index in [1.54, 1.807) is 0 Å². The Morgan fingerprint density at radius 3 is 1.45 bits per heavy atom. The van der Waals surface area contributed by atoms with Crippen molar-refractivity contribution >= 4 is 51.6 Å². The van der Waals surface area contributed by atoms with Gasteiger partial charge in [0.25, 0.3) is 0 Å². The van der Waals surface area contributed by atoms with Gasteiger partial charge < -0.3 is 22.9 Å². The zero-order valence-corrected chi connectivity index (χ0v) is 26.2. The van der Waals surface area contributed by atoms with Crippen molar-refractivity contribution in [3.63, 3.8) is 0 Å². The average molecular weight is 637 g/mol. The van der Waals surface area contributed by atoms with Crippen LogP contribution in [0.2, 0.25) is 0 Å². The molecule has 4 aromatic rings. The Labute approximate surface area is 272 Å². The molecule has 47 heavy (non-hydrogen) atoms. The van der Waals surface area contributed by atoms with Gasteiger partial charge in [-0.05, 0) is 49.9 Å². The molecule has 13 heteroatoms. The fourth-order valence-corrected chi connectivity index (χ4v) is 5.90. The fraction of sp³-hybridized carbons (Fsp3) is 0.324. The SMILES string of the molecule is NC(N)=NCCCCN1C(=O)N(CCCCN=C(N)N)C(=O)C(Cc2ccc3ccccc3n2)(Cc2ccc3ccccc3n2)C1=O. The number of guanidine groups is 2. The molecular weight excluding hydrogens is 596 g/mol. The highest BCUT2D eigenvalue weighted by molar-refractivity contribution is 6.19. The third-order valence-electron chi connectivity index (χ3n) is 8.22. The number of carbonyl (C=O) groups excluding carboxylic acids is 3. The normalized spacial score (nSPS) is 14.5.